The van der Waals surface area contributed by atoms with E-state index in [1.807, 2.05) is 37.8 Å². The molecule has 0 saturated heterocycles. The second-order valence-corrected chi connectivity index (χ2v) is 5.25. The molecule has 2 rings (SSSR count). The number of nitrogens with zero attached hydrogens (tertiary/aromatic N) is 2. The molecule has 114 valence electrons. The van der Waals surface area contributed by atoms with Gasteiger partial charge in [0.1, 0.15) is 6.61 Å². The minimum absolute atomic E-state index is 0.423. The maximum atomic E-state index is 6.10. The van der Waals surface area contributed by atoms with Crippen LogP contribution in [0.2, 0.25) is 5.02 Å². The lowest BCUT2D eigenvalue weighted by Crippen LogP contribution is -2.10. The zero-order valence-corrected chi connectivity index (χ0v) is 13.5. The fourth-order valence-corrected chi connectivity index (χ4v) is 2.44. The number of benzene rings is 1. The standard InChI is InChI=1S/C15H20ClN3O2/c1-10-5-13(19(3)18-10)9-21-15-11(8-17-2)6-12(16)7-14(15)20-4/h5-7,17H,8-9H2,1-4H3. The van der Waals surface area contributed by atoms with E-state index in [-0.39, 0.29) is 0 Å². The second-order valence-electron chi connectivity index (χ2n) is 4.82. The Bertz CT molecular complexity index is 626. The van der Waals surface area contributed by atoms with Crippen molar-refractivity contribution in [3.63, 3.8) is 0 Å². The average molecular weight is 310 g/mol. The summed E-state index contributed by atoms with van der Waals surface area (Å²) in [5.74, 6) is 1.33. The van der Waals surface area contributed by atoms with Crippen LogP contribution in [-0.4, -0.2) is 23.9 Å². The zero-order valence-electron chi connectivity index (χ0n) is 12.7. The molecule has 0 amide bonds. The molecule has 0 saturated carbocycles. The SMILES string of the molecule is CNCc1cc(Cl)cc(OC)c1OCc1cc(C)nn1C. The molecular weight excluding hydrogens is 290 g/mol. The minimum atomic E-state index is 0.423. The number of methoxy groups -OCH3 is 1. The number of aryl methyl sites for hydroxylation is 2. The summed E-state index contributed by atoms with van der Waals surface area (Å²) in [6.07, 6.45) is 0. The molecule has 5 nitrogen and oxygen atoms in total. The number of hydrogen-bond donors (Lipinski definition) is 1. The third kappa shape index (κ3) is 3.68. The van der Waals surface area contributed by atoms with Gasteiger partial charge in [0, 0.05) is 30.2 Å². The van der Waals surface area contributed by atoms with Gasteiger partial charge in [-0.25, -0.2) is 0 Å². The number of nitrogens with one attached hydrogen (secondary N) is 1. The van der Waals surface area contributed by atoms with Crippen molar-refractivity contribution in [3.05, 3.63) is 40.2 Å². The molecule has 1 aromatic heterocycles. The van der Waals surface area contributed by atoms with E-state index in [9.17, 15) is 0 Å². The van der Waals surface area contributed by atoms with Crippen LogP contribution in [0.1, 0.15) is 17.0 Å². The summed E-state index contributed by atoms with van der Waals surface area (Å²) in [6, 6.07) is 5.63. The van der Waals surface area contributed by atoms with Crippen LogP contribution in [0.4, 0.5) is 0 Å². The molecule has 0 unspecified atom stereocenters. The number of aromatic nitrogens is 2. The Morgan fingerprint density at radius 1 is 1.33 bits per heavy atom. The van der Waals surface area contributed by atoms with E-state index in [0.29, 0.717) is 29.7 Å². The first kappa shape index (κ1) is 15.7. The Balaban J connectivity index is 2.27. The molecule has 0 fully saturated rings. The molecule has 1 heterocycles. The molecule has 0 bridgehead atoms. The molecule has 21 heavy (non-hydrogen) atoms. The number of hydrogen-bond acceptors (Lipinski definition) is 4. The van der Waals surface area contributed by atoms with Gasteiger partial charge in [-0.2, -0.15) is 5.10 Å². The van der Waals surface area contributed by atoms with Gasteiger partial charge in [-0.05, 0) is 26.1 Å². The van der Waals surface area contributed by atoms with Crippen molar-refractivity contribution in [2.75, 3.05) is 14.2 Å². The van der Waals surface area contributed by atoms with Crippen molar-refractivity contribution in [1.29, 1.82) is 0 Å². The second kappa shape index (κ2) is 6.83. The van der Waals surface area contributed by atoms with E-state index >= 15 is 0 Å². The zero-order chi connectivity index (χ0) is 15.4. The maximum absolute atomic E-state index is 6.10. The summed E-state index contributed by atoms with van der Waals surface area (Å²) in [5, 5.41) is 8.04. The highest BCUT2D eigenvalue weighted by Gasteiger charge is 2.13. The topological polar surface area (TPSA) is 48.3 Å². The first-order chi connectivity index (χ1) is 10.0. The number of rotatable bonds is 6. The van der Waals surface area contributed by atoms with Crippen molar-refractivity contribution in [3.8, 4) is 11.5 Å². The monoisotopic (exact) mass is 309 g/mol. The third-order valence-electron chi connectivity index (χ3n) is 3.15. The van der Waals surface area contributed by atoms with E-state index < -0.39 is 0 Å². The van der Waals surface area contributed by atoms with Gasteiger partial charge in [0.05, 0.1) is 18.5 Å². The van der Waals surface area contributed by atoms with Crippen molar-refractivity contribution >= 4 is 11.6 Å². The summed E-state index contributed by atoms with van der Waals surface area (Å²) < 4.78 is 13.2. The molecule has 1 N–H and O–H groups in total. The lowest BCUT2D eigenvalue weighted by Gasteiger charge is -2.15. The summed E-state index contributed by atoms with van der Waals surface area (Å²) in [4.78, 5) is 0. The van der Waals surface area contributed by atoms with Crippen LogP contribution in [0, 0.1) is 6.92 Å². The Hall–Kier alpha value is -1.72. The smallest absolute Gasteiger partial charge is 0.166 e. The molecule has 0 aliphatic carbocycles. The predicted molar refractivity (Wildman–Crippen MR) is 83.0 cm³/mol. The van der Waals surface area contributed by atoms with E-state index in [1.54, 1.807) is 13.2 Å². The number of ether oxygens (including phenoxy) is 2. The van der Waals surface area contributed by atoms with E-state index in [2.05, 4.69) is 10.4 Å². The quantitative estimate of drug-likeness (QED) is 0.891. The fraction of sp³-hybridized carbons (Fsp3) is 0.400. The summed E-state index contributed by atoms with van der Waals surface area (Å²) in [5.41, 5.74) is 2.93. The molecule has 0 radical (unpaired) electrons. The van der Waals surface area contributed by atoms with Crippen molar-refractivity contribution in [2.24, 2.45) is 7.05 Å². The van der Waals surface area contributed by atoms with Gasteiger partial charge in [-0.3, -0.25) is 4.68 Å². The molecule has 0 aliphatic rings. The van der Waals surface area contributed by atoms with Gasteiger partial charge in [-0.15, -0.1) is 0 Å². The Morgan fingerprint density at radius 2 is 2.10 bits per heavy atom. The van der Waals surface area contributed by atoms with Crippen molar-refractivity contribution in [2.45, 2.75) is 20.1 Å². The van der Waals surface area contributed by atoms with Crippen LogP contribution in [0.15, 0.2) is 18.2 Å². The Morgan fingerprint density at radius 3 is 2.67 bits per heavy atom. The summed E-state index contributed by atoms with van der Waals surface area (Å²) in [7, 11) is 5.39. The highest BCUT2D eigenvalue weighted by Crippen LogP contribution is 2.35. The van der Waals surface area contributed by atoms with Crippen LogP contribution in [-0.2, 0) is 20.2 Å². The normalized spacial score (nSPS) is 10.7. The Kier molecular flexibility index (Phi) is 5.09. The van der Waals surface area contributed by atoms with Crippen LogP contribution < -0.4 is 14.8 Å². The molecule has 6 heteroatoms. The van der Waals surface area contributed by atoms with Gasteiger partial charge in [0.2, 0.25) is 0 Å². The highest BCUT2D eigenvalue weighted by atomic mass is 35.5. The number of halogens is 1. The lowest BCUT2D eigenvalue weighted by atomic mass is 10.2. The van der Waals surface area contributed by atoms with E-state index in [1.165, 1.54) is 0 Å². The van der Waals surface area contributed by atoms with Gasteiger partial charge < -0.3 is 14.8 Å². The first-order valence-corrected chi connectivity index (χ1v) is 7.06. The highest BCUT2D eigenvalue weighted by molar-refractivity contribution is 6.30. The Labute approximate surface area is 129 Å². The van der Waals surface area contributed by atoms with Crippen LogP contribution >= 0.6 is 11.6 Å². The predicted octanol–water partition coefficient (Wildman–Crippen LogP) is 2.69. The molecule has 0 atom stereocenters. The fourth-order valence-electron chi connectivity index (χ4n) is 2.21. The van der Waals surface area contributed by atoms with E-state index in [0.717, 1.165) is 17.0 Å². The first-order valence-electron chi connectivity index (χ1n) is 6.68. The van der Waals surface area contributed by atoms with Gasteiger partial charge >= 0.3 is 0 Å². The van der Waals surface area contributed by atoms with Crippen molar-refractivity contribution in [1.82, 2.24) is 15.1 Å². The van der Waals surface area contributed by atoms with Gasteiger partial charge in [0.25, 0.3) is 0 Å². The average Bonchev–Trinajstić information content (AvgIpc) is 2.75. The molecule has 0 spiro atoms. The largest absolute Gasteiger partial charge is 0.493 e. The van der Waals surface area contributed by atoms with Crippen LogP contribution in [0.5, 0.6) is 11.5 Å². The molecular formula is C15H20ClN3O2. The molecule has 2 aromatic rings. The third-order valence-corrected chi connectivity index (χ3v) is 3.37. The van der Waals surface area contributed by atoms with Gasteiger partial charge in [0.15, 0.2) is 11.5 Å². The van der Waals surface area contributed by atoms with Crippen LogP contribution in [0.25, 0.3) is 0 Å². The summed E-state index contributed by atoms with van der Waals surface area (Å²) in [6.45, 7) is 3.03. The lowest BCUT2D eigenvalue weighted by molar-refractivity contribution is 0.272. The van der Waals surface area contributed by atoms with Crippen molar-refractivity contribution < 1.29 is 9.47 Å². The van der Waals surface area contributed by atoms with Gasteiger partial charge in [-0.1, -0.05) is 11.6 Å². The molecule has 1 aromatic carbocycles. The molecule has 0 aliphatic heterocycles. The minimum Gasteiger partial charge on any atom is -0.493 e. The van der Waals surface area contributed by atoms with Crippen LogP contribution in [0.3, 0.4) is 0 Å². The maximum Gasteiger partial charge on any atom is 0.166 e. The van der Waals surface area contributed by atoms with E-state index in [4.69, 9.17) is 21.1 Å². The summed E-state index contributed by atoms with van der Waals surface area (Å²) >= 11 is 6.10.